The van der Waals surface area contributed by atoms with Crippen LogP contribution in [0.4, 0.5) is 0 Å². The lowest BCUT2D eigenvalue weighted by atomic mass is 9.95. The number of rotatable bonds is 3. The number of nitrogens with zero attached hydrogens (tertiary/aromatic N) is 3. The first-order valence-electron chi connectivity index (χ1n) is 6.49. The van der Waals surface area contributed by atoms with Crippen molar-refractivity contribution in [3.05, 3.63) is 12.2 Å². The largest absolute Gasteiger partial charge is 0.343 e. The van der Waals surface area contributed by atoms with E-state index in [9.17, 15) is 0 Å². The Morgan fingerprint density at radius 2 is 2.47 bits per heavy atom. The Morgan fingerprint density at radius 1 is 1.59 bits per heavy atom. The molecule has 0 radical (unpaired) electrons. The summed E-state index contributed by atoms with van der Waals surface area (Å²) in [5.74, 6) is 1.65. The van der Waals surface area contributed by atoms with Crippen molar-refractivity contribution in [2.75, 3.05) is 19.6 Å². The molecule has 1 unspecified atom stereocenters. The average molecular weight is 236 g/mol. The first-order valence-corrected chi connectivity index (χ1v) is 6.49. The molecule has 1 aromatic rings. The quantitative estimate of drug-likeness (QED) is 0.849. The minimum Gasteiger partial charge on any atom is -0.343 e. The standard InChI is InChI=1S/C12H20N4O/c1-12(10-3-4-10)8-16(6-2-5-14-12)7-11-13-9-17-15-11/h9-10,14H,2-8H2,1H3. The second-order valence-electron chi connectivity index (χ2n) is 5.53. The van der Waals surface area contributed by atoms with Gasteiger partial charge in [0.2, 0.25) is 6.39 Å². The molecule has 1 saturated carbocycles. The van der Waals surface area contributed by atoms with Crippen molar-refractivity contribution in [2.24, 2.45) is 5.92 Å². The van der Waals surface area contributed by atoms with Gasteiger partial charge in [-0.15, -0.1) is 0 Å². The van der Waals surface area contributed by atoms with Gasteiger partial charge in [0.1, 0.15) is 0 Å². The van der Waals surface area contributed by atoms with Gasteiger partial charge in [-0.1, -0.05) is 5.16 Å². The molecule has 1 aliphatic carbocycles. The number of hydrogen-bond acceptors (Lipinski definition) is 5. The highest BCUT2D eigenvalue weighted by molar-refractivity contribution is 5.01. The predicted molar refractivity (Wildman–Crippen MR) is 63.3 cm³/mol. The highest BCUT2D eigenvalue weighted by Crippen LogP contribution is 2.40. The van der Waals surface area contributed by atoms with Gasteiger partial charge in [0, 0.05) is 12.1 Å². The van der Waals surface area contributed by atoms with E-state index in [2.05, 4.69) is 27.3 Å². The molecule has 2 aliphatic rings. The average Bonchev–Trinajstić information content (AvgIpc) is 3.07. The van der Waals surface area contributed by atoms with Gasteiger partial charge in [-0.3, -0.25) is 4.90 Å². The van der Waals surface area contributed by atoms with Crippen molar-refractivity contribution in [1.82, 2.24) is 20.4 Å². The molecule has 0 aromatic carbocycles. The van der Waals surface area contributed by atoms with Crippen molar-refractivity contribution in [1.29, 1.82) is 0 Å². The first-order chi connectivity index (χ1) is 8.26. The molecule has 3 rings (SSSR count). The molecule has 94 valence electrons. The van der Waals surface area contributed by atoms with Gasteiger partial charge in [0.15, 0.2) is 5.82 Å². The minimum atomic E-state index is 0.278. The van der Waals surface area contributed by atoms with Crippen LogP contribution in [0.5, 0.6) is 0 Å². The lowest BCUT2D eigenvalue weighted by Gasteiger charge is -2.33. The van der Waals surface area contributed by atoms with Gasteiger partial charge in [0.25, 0.3) is 0 Å². The van der Waals surface area contributed by atoms with E-state index in [1.54, 1.807) is 0 Å². The molecule has 0 spiro atoms. The summed E-state index contributed by atoms with van der Waals surface area (Å²) < 4.78 is 4.80. The summed E-state index contributed by atoms with van der Waals surface area (Å²) in [7, 11) is 0. The number of nitrogens with one attached hydrogen (secondary N) is 1. The van der Waals surface area contributed by atoms with Crippen molar-refractivity contribution < 1.29 is 4.52 Å². The van der Waals surface area contributed by atoms with Gasteiger partial charge in [-0.05, 0) is 45.2 Å². The Bertz CT molecular complexity index is 363. The monoisotopic (exact) mass is 236 g/mol. The SMILES string of the molecule is CC1(C2CC2)CN(Cc2ncon2)CCCN1. The molecule has 2 heterocycles. The molecule has 0 bridgehead atoms. The van der Waals surface area contributed by atoms with Crippen LogP contribution < -0.4 is 5.32 Å². The van der Waals surface area contributed by atoms with Crippen LogP contribution >= 0.6 is 0 Å². The fraction of sp³-hybridized carbons (Fsp3) is 0.833. The van der Waals surface area contributed by atoms with Crippen LogP contribution in [0.1, 0.15) is 32.0 Å². The topological polar surface area (TPSA) is 54.2 Å². The molecule has 0 amide bonds. The zero-order valence-corrected chi connectivity index (χ0v) is 10.4. The van der Waals surface area contributed by atoms with Crippen molar-refractivity contribution in [3.63, 3.8) is 0 Å². The summed E-state index contributed by atoms with van der Waals surface area (Å²) in [6.45, 7) is 6.49. The highest BCUT2D eigenvalue weighted by atomic mass is 16.5. The lowest BCUT2D eigenvalue weighted by molar-refractivity contribution is 0.190. The summed E-state index contributed by atoms with van der Waals surface area (Å²) in [5.41, 5.74) is 0.278. The van der Waals surface area contributed by atoms with E-state index in [-0.39, 0.29) is 5.54 Å². The van der Waals surface area contributed by atoms with E-state index in [1.165, 1.54) is 25.7 Å². The third-order valence-electron chi connectivity index (χ3n) is 3.98. The van der Waals surface area contributed by atoms with Gasteiger partial charge in [-0.2, -0.15) is 4.98 Å². The van der Waals surface area contributed by atoms with Crippen LogP contribution in [-0.4, -0.2) is 40.2 Å². The van der Waals surface area contributed by atoms with Gasteiger partial charge in [-0.25, -0.2) is 0 Å². The van der Waals surface area contributed by atoms with Gasteiger partial charge < -0.3 is 9.84 Å². The summed E-state index contributed by atoms with van der Waals surface area (Å²) in [6.07, 6.45) is 5.35. The van der Waals surface area contributed by atoms with Gasteiger partial charge >= 0.3 is 0 Å². The summed E-state index contributed by atoms with van der Waals surface area (Å²) in [6, 6.07) is 0. The predicted octanol–water partition coefficient (Wildman–Crippen LogP) is 1.03. The van der Waals surface area contributed by atoms with E-state index < -0.39 is 0 Å². The van der Waals surface area contributed by atoms with E-state index >= 15 is 0 Å². The molecule has 17 heavy (non-hydrogen) atoms. The highest BCUT2D eigenvalue weighted by Gasteiger charge is 2.42. The van der Waals surface area contributed by atoms with Crippen molar-refractivity contribution >= 4 is 0 Å². The van der Waals surface area contributed by atoms with Crippen molar-refractivity contribution in [3.8, 4) is 0 Å². The Hall–Kier alpha value is -0.940. The van der Waals surface area contributed by atoms with Crippen LogP contribution in [0.2, 0.25) is 0 Å². The Labute approximate surface area is 102 Å². The summed E-state index contributed by atoms with van der Waals surface area (Å²) >= 11 is 0. The van der Waals surface area contributed by atoms with Crippen LogP contribution in [0.15, 0.2) is 10.9 Å². The van der Waals surface area contributed by atoms with Crippen LogP contribution in [0.25, 0.3) is 0 Å². The molecular formula is C12H20N4O. The molecular weight excluding hydrogens is 216 g/mol. The Morgan fingerprint density at radius 3 is 3.18 bits per heavy atom. The zero-order chi connectivity index (χ0) is 11.7. The van der Waals surface area contributed by atoms with Crippen molar-refractivity contribution in [2.45, 2.75) is 38.3 Å². The third-order valence-corrected chi connectivity index (χ3v) is 3.98. The van der Waals surface area contributed by atoms with Crippen LogP contribution in [0, 0.1) is 5.92 Å². The Balaban J connectivity index is 1.67. The first kappa shape index (κ1) is 11.2. The maximum absolute atomic E-state index is 4.80. The number of hydrogen-bond donors (Lipinski definition) is 1. The molecule has 1 aromatic heterocycles. The number of aromatic nitrogens is 2. The normalized spacial score (nSPS) is 31.4. The second-order valence-corrected chi connectivity index (χ2v) is 5.53. The van der Waals surface area contributed by atoms with E-state index in [4.69, 9.17) is 4.52 Å². The minimum absolute atomic E-state index is 0.278. The van der Waals surface area contributed by atoms with E-state index in [1.807, 2.05) is 0 Å². The molecule has 1 N–H and O–H groups in total. The fourth-order valence-corrected chi connectivity index (χ4v) is 2.87. The Kier molecular flexibility index (Phi) is 2.88. The molecule has 1 atom stereocenters. The van der Waals surface area contributed by atoms with Gasteiger partial charge in [0.05, 0.1) is 6.54 Å². The summed E-state index contributed by atoms with van der Waals surface area (Å²) in [5, 5.41) is 7.62. The van der Waals surface area contributed by atoms with E-state index in [0.717, 1.165) is 37.9 Å². The molecule has 5 heteroatoms. The smallest absolute Gasteiger partial charge is 0.213 e. The van der Waals surface area contributed by atoms with Crippen LogP contribution in [-0.2, 0) is 6.54 Å². The third kappa shape index (κ3) is 2.50. The fourth-order valence-electron chi connectivity index (χ4n) is 2.87. The lowest BCUT2D eigenvalue weighted by Crippen LogP contribution is -2.50. The maximum Gasteiger partial charge on any atom is 0.213 e. The maximum atomic E-state index is 4.80. The summed E-state index contributed by atoms with van der Waals surface area (Å²) in [4.78, 5) is 6.56. The zero-order valence-electron chi connectivity index (χ0n) is 10.4. The molecule has 1 saturated heterocycles. The molecule has 5 nitrogen and oxygen atoms in total. The molecule has 2 fully saturated rings. The second kappa shape index (κ2) is 4.38. The van der Waals surface area contributed by atoms with Crippen LogP contribution in [0.3, 0.4) is 0 Å². The molecule has 1 aliphatic heterocycles. The van der Waals surface area contributed by atoms with E-state index in [0.29, 0.717) is 0 Å².